The third-order valence-corrected chi connectivity index (χ3v) is 3.94. The molecule has 0 radical (unpaired) electrons. The van der Waals surface area contributed by atoms with Gasteiger partial charge in [0.25, 0.3) is 0 Å². The van der Waals surface area contributed by atoms with Crippen molar-refractivity contribution in [1.29, 1.82) is 0 Å². The summed E-state index contributed by atoms with van der Waals surface area (Å²) in [5, 5.41) is 11.7. The highest BCUT2D eigenvalue weighted by molar-refractivity contribution is 5.80. The van der Waals surface area contributed by atoms with E-state index in [0.717, 1.165) is 22.4 Å². The third kappa shape index (κ3) is 4.89. The molecule has 0 saturated heterocycles. The highest BCUT2D eigenvalue weighted by Gasteiger charge is 2.08. The van der Waals surface area contributed by atoms with E-state index < -0.39 is 0 Å². The van der Waals surface area contributed by atoms with E-state index in [-0.39, 0.29) is 0 Å². The second kappa shape index (κ2) is 8.97. The van der Waals surface area contributed by atoms with Crippen molar-refractivity contribution >= 4 is 6.21 Å². The number of nitrogens with zero attached hydrogens (tertiary/aromatic N) is 1. The van der Waals surface area contributed by atoms with Gasteiger partial charge in [0.05, 0.1) is 12.8 Å². The number of rotatable bonds is 8. The Balaban J connectivity index is 1.99. The smallest absolute Gasteiger partial charge is 0.161 e. The average Bonchev–Trinajstić information content (AvgIpc) is 2.60. The van der Waals surface area contributed by atoms with Crippen LogP contribution >= 0.6 is 0 Å². The quantitative estimate of drug-likeness (QED) is 0.336. The van der Waals surface area contributed by atoms with E-state index in [1.807, 2.05) is 13.8 Å². The minimum absolute atomic E-state index is 0.403. The van der Waals surface area contributed by atoms with E-state index >= 15 is 0 Å². The van der Waals surface area contributed by atoms with Crippen molar-refractivity contribution in [3.05, 3.63) is 52.6 Å². The first-order chi connectivity index (χ1) is 12.1. The monoisotopic (exact) mass is 343 g/mol. The standard InChI is InChI=1S/C20H25NO4/c1-5-23-19-12-17(13-21-22)8-9-18(19)24-10-11-25-20-15(3)7-6-14(2)16(20)4/h6-9,12-13,22H,5,10-11H2,1-4H3. The van der Waals surface area contributed by atoms with Gasteiger partial charge in [-0.15, -0.1) is 0 Å². The van der Waals surface area contributed by atoms with Crippen LogP contribution in [-0.2, 0) is 0 Å². The molecule has 5 nitrogen and oxygen atoms in total. The summed E-state index contributed by atoms with van der Waals surface area (Å²) in [6.45, 7) is 9.45. The Kier molecular flexibility index (Phi) is 6.69. The van der Waals surface area contributed by atoms with Crippen LogP contribution in [0.4, 0.5) is 0 Å². The van der Waals surface area contributed by atoms with Crippen molar-refractivity contribution in [1.82, 2.24) is 0 Å². The Hall–Kier alpha value is -2.69. The molecule has 2 rings (SSSR count). The zero-order valence-electron chi connectivity index (χ0n) is 15.2. The van der Waals surface area contributed by atoms with Gasteiger partial charge in [-0.2, -0.15) is 0 Å². The molecule has 1 N–H and O–H groups in total. The predicted molar refractivity (Wildman–Crippen MR) is 98.6 cm³/mol. The lowest BCUT2D eigenvalue weighted by atomic mass is 10.1. The first-order valence-electron chi connectivity index (χ1n) is 8.33. The molecule has 0 aliphatic carbocycles. The van der Waals surface area contributed by atoms with E-state index in [9.17, 15) is 0 Å². The van der Waals surface area contributed by atoms with Crippen molar-refractivity contribution in [3.8, 4) is 17.2 Å². The topological polar surface area (TPSA) is 60.3 Å². The fourth-order valence-corrected chi connectivity index (χ4v) is 2.50. The van der Waals surface area contributed by atoms with E-state index in [2.05, 4.69) is 31.1 Å². The molecule has 0 aromatic heterocycles. The van der Waals surface area contributed by atoms with Crippen molar-refractivity contribution in [2.24, 2.45) is 5.16 Å². The second-order valence-electron chi connectivity index (χ2n) is 5.73. The summed E-state index contributed by atoms with van der Waals surface area (Å²) in [7, 11) is 0. The molecule has 0 saturated carbocycles. The van der Waals surface area contributed by atoms with Crippen LogP contribution in [0, 0.1) is 20.8 Å². The van der Waals surface area contributed by atoms with Gasteiger partial charge in [0, 0.05) is 5.56 Å². The number of benzene rings is 2. The molecule has 2 aromatic carbocycles. The molecular weight excluding hydrogens is 318 g/mol. The van der Waals surface area contributed by atoms with Crippen LogP contribution in [0.15, 0.2) is 35.5 Å². The highest BCUT2D eigenvalue weighted by Crippen LogP contribution is 2.29. The summed E-state index contributed by atoms with van der Waals surface area (Å²) in [5.41, 5.74) is 4.22. The van der Waals surface area contributed by atoms with Crippen LogP contribution in [0.2, 0.25) is 0 Å². The van der Waals surface area contributed by atoms with E-state index in [1.54, 1.807) is 18.2 Å². The number of ether oxygens (including phenoxy) is 3. The maximum Gasteiger partial charge on any atom is 0.161 e. The molecule has 0 aliphatic heterocycles. The molecule has 0 heterocycles. The van der Waals surface area contributed by atoms with Crippen LogP contribution in [0.25, 0.3) is 0 Å². The van der Waals surface area contributed by atoms with Crippen LogP contribution in [0.3, 0.4) is 0 Å². The maximum atomic E-state index is 8.64. The Morgan fingerprint density at radius 1 is 0.920 bits per heavy atom. The zero-order valence-corrected chi connectivity index (χ0v) is 15.2. The van der Waals surface area contributed by atoms with Crippen molar-refractivity contribution < 1.29 is 19.4 Å². The van der Waals surface area contributed by atoms with E-state index in [0.29, 0.717) is 31.3 Å². The molecule has 0 unspecified atom stereocenters. The van der Waals surface area contributed by atoms with E-state index in [1.165, 1.54) is 11.8 Å². The van der Waals surface area contributed by atoms with Gasteiger partial charge in [-0.1, -0.05) is 17.3 Å². The van der Waals surface area contributed by atoms with Crippen LogP contribution < -0.4 is 14.2 Å². The lowest BCUT2D eigenvalue weighted by Gasteiger charge is -2.15. The minimum atomic E-state index is 0.403. The van der Waals surface area contributed by atoms with Crippen LogP contribution in [-0.4, -0.2) is 31.2 Å². The molecule has 0 amide bonds. The predicted octanol–water partition coefficient (Wildman–Crippen LogP) is 4.28. The molecule has 25 heavy (non-hydrogen) atoms. The first kappa shape index (κ1) is 18.6. The van der Waals surface area contributed by atoms with Crippen molar-refractivity contribution in [3.63, 3.8) is 0 Å². The summed E-state index contributed by atoms with van der Waals surface area (Å²) in [6.07, 6.45) is 1.35. The lowest BCUT2D eigenvalue weighted by Crippen LogP contribution is -2.11. The van der Waals surface area contributed by atoms with E-state index in [4.69, 9.17) is 19.4 Å². The Morgan fingerprint density at radius 2 is 1.64 bits per heavy atom. The zero-order chi connectivity index (χ0) is 18.2. The van der Waals surface area contributed by atoms with Crippen molar-refractivity contribution in [2.75, 3.05) is 19.8 Å². The summed E-state index contributed by atoms with van der Waals surface area (Å²) < 4.78 is 17.3. The molecule has 0 bridgehead atoms. The Bertz CT molecular complexity index is 741. The molecule has 0 fully saturated rings. The Labute approximate surface area is 148 Å². The third-order valence-electron chi connectivity index (χ3n) is 3.94. The summed E-state index contributed by atoms with van der Waals surface area (Å²) in [6, 6.07) is 9.53. The average molecular weight is 343 g/mol. The van der Waals surface area contributed by atoms with Gasteiger partial charge in [-0.05, 0) is 62.6 Å². The molecule has 0 aliphatic rings. The molecule has 5 heteroatoms. The molecule has 0 spiro atoms. The van der Waals surface area contributed by atoms with Crippen LogP contribution in [0.1, 0.15) is 29.2 Å². The SMILES string of the molecule is CCOc1cc(C=NO)ccc1OCCOc1c(C)ccc(C)c1C. The summed E-state index contributed by atoms with van der Waals surface area (Å²) >= 11 is 0. The van der Waals surface area contributed by atoms with Gasteiger partial charge in [0.15, 0.2) is 11.5 Å². The fraction of sp³-hybridized carbons (Fsp3) is 0.350. The number of hydrogen-bond acceptors (Lipinski definition) is 5. The fourth-order valence-electron chi connectivity index (χ4n) is 2.50. The van der Waals surface area contributed by atoms with Gasteiger partial charge in [0.1, 0.15) is 19.0 Å². The van der Waals surface area contributed by atoms with Gasteiger partial charge < -0.3 is 19.4 Å². The summed E-state index contributed by atoms with van der Waals surface area (Å²) in [4.78, 5) is 0. The highest BCUT2D eigenvalue weighted by atomic mass is 16.5. The maximum absolute atomic E-state index is 8.64. The summed E-state index contributed by atoms with van der Waals surface area (Å²) in [5.74, 6) is 2.17. The van der Waals surface area contributed by atoms with Gasteiger partial charge in [0.2, 0.25) is 0 Å². The normalized spacial score (nSPS) is 10.9. The Morgan fingerprint density at radius 3 is 2.36 bits per heavy atom. The van der Waals surface area contributed by atoms with Gasteiger partial charge in [-0.3, -0.25) is 0 Å². The largest absolute Gasteiger partial charge is 0.490 e. The number of hydrogen-bond donors (Lipinski definition) is 1. The second-order valence-corrected chi connectivity index (χ2v) is 5.73. The number of oxime groups is 1. The van der Waals surface area contributed by atoms with Crippen molar-refractivity contribution in [2.45, 2.75) is 27.7 Å². The molecule has 134 valence electrons. The minimum Gasteiger partial charge on any atom is -0.490 e. The van der Waals surface area contributed by atoms with Crippen LogP contribution in [0.5, 0.6) is 17.2 Å². The first-order valence-corrected chi connectivity index (χ1v) is 8.33. The molecule has 0 atom stereocenters. The van der Waals surface area contributed by atoms with Gasteiger partial charge >= 0.3 is 0 Å². The van der Waals surface area contributed by atoms with Gasteiger partial charge in [-0.25, -0.2) is 0 Å². The molecular formula is C20H25NO4. The number of aryl methyl sites for hydroxylation is 2. The lowest BCUT2D eigenvalue weighted by molar-refractivity contribution is 0.207. The molecule has 2 aromatic rings.